The zero-order chi connectivity index (χ0) is 24.4. The normalized spacial score (nSPS) is 11.4. The van der Waals surface area contributed by atoms with E-state index in [1.54, 1.807) is 12.1 Å². The lowest BCUT2D eigenvalue weighted by Crippen LogP contribution is -2.17. The van der Waals surface area contributed by atoms with Gasteiger partial charge in [0.15, 0.2) is 5.58 Å². The number of fused-ring (bicyclic) bond motifs is 1. The predicted molar refractivity (Wildman–Crippen MR) is 122 cm³/mol. The lowest BCUT2D eigenvalue weighted by molar-refractivity contribution is -0.274. The van der Waals surface area contributed by atoms with E-state index >= 15 is 0 Å². The van der Waals surface area contributed by atoms with Crippen molar-refractivity contribution in [1.29, 1.82) is 0 Å². The summed E-state index contributed by atoms with van der Waals surface area (Å²) < 4.78 is 57.0. The van der Waals surface area contributed by atoms with E-state index in [1.807, 2.05) is 0 Å². The Kier molecular flexibility index (Phi) is 8.95. The molecule has 0 saturated carbocycles. The van der Waals surface area contributed by atoms with Crippen LogP contribution < -0.4 is 15.1 Å². The van der Waals surface area contributed by atoms with E-state index in [-0.39, 0.29) is 11.3 Å². The lowest BCUT2D eigenvalue weighted by Gasteiger charge is -2.09. The van der Waals surface area contributed by atoms with Gasteiger partial charge in [0.05, 0.1) is 31.2 Å². The second-order valence-corrected chi connectivity index (χ2v) is 7.59. The van der Waals surface area contributed by atoms with Crippen LogP contribution in [0.5, 0.6) is 11.6 Å². The predicted octanol–water partition coefficient (Wildman–Crippen LogP) is 6.63. The van der Waals surface area contributed by atoms with Crippen LogP contribution in [0.2, 0.25) is 0 Å². The van der Waals surface area contributed by atoms with E-state index in [1.165, 1.54) is 24.6 Å². The molecule has 0 aliphatic rings. The summed E-state index contributed by atoms with van der Waals surface area (Å²) in [5.74, 6) is 0.0332. The molecule has 3 rings (SSSR count). The molecule has 0 saturated heterocycles. The standard InChI is InChI=1S/C25H26F3NO5/c1-2-31-13-7-5-3-4-6-8-14-32-23-16-19-15-21(24(30)33-22(19)17-29-23)18-9-11-20(12-10-18)34-25(26,27)28/h2,9-12,15-17H,1,3-8,13-14H2. The van der Waals surface area contributed by atoms with Crippen molar-refractivity contribution in [1.82, 2.24) is 4.98 Å². The molecule has 0 aliphatic heterocycles. The van der Waals surface area contributed by atoms with E-state index in [2.05, 4.69) is 16.3 Å². The Bertz CT molecular complexity index is 1130. The number of halogens is 3. The molecule has 9 heteroatoms. The summed E-state index contributed by atoms with van der Waals surface area (Å²) in [7, 11) is 0. The molecule has 2 aromatic heterocycles. The zero-order valence-corrected chi connectivity index (χ0v) is 18.6. The van der Waals surface area contributed by atoms with Crippen LogP contribution in [0.1, 0.15) is 38.5 Å². The third-order valence-corrected chi connectivity index (χ3v) is 5.02. The number of hydrogen-bond donors (Lipinski definition) is 0. The molecule has 3 aromatic rings. The van der Waals surface area contributed by atoms with Gasteiger partial charge in [-0.15, -0.1) is 13.2 Å². The number of ether oxygens (including phenoxy) is 3. The maximum Gasteiger partial charge on any atom is 0.573 e. The molecular weight excluding hydrogens is 451 g/mol. The van der Waals surface area contributed by atoms with Crippen LogP contribution in [0.4, 0.5) is 13.2 Å². The van der Waals surface area contributed by atoms with Crippen molar-refractivity contribution in [3.63, 3.8) is 0 Å². The Morgan fingerprint density at radius 1 is 0.971 bits per heavy atom. The maximum absolute atomic E-state index is 12.4. The second kappa shape index (κ2) is 12.1. The molecule has 2 heterocycles. The van der Waals surface area contributed by atoms with Crippen LogP contribution in [0.15, 0.2) is 64.6 Å². The van der Waals surface area contributed by atoms with Crippen LogP contribution in [0, 0.1) is 0 Å². The first kappa shape index (κ1) is 25.1. The number of alkyl halides is 3. The molecule has 0 unspecified atom stereocenters. The van der Waals surface area contributed by atoms with E-state index in [0.29, 0.717) is 35.6 Å². The topological polar surface area (TPSA) is 70.8 Å². The Balaban J connectivity index is 1.56. The van der Waals surface area contributed by atoms with Crippen LogP contribution in [-0.4, -0.2) is 24.6 Å². The Morgan fingerprint density at radius 3 is 2.32 bits per heavy atom. The first-order valence-electron chi connectivity index (χ1n) is 11.0. The average molecular weight is 477 g/mol. The molecule has 0 fully saturated rings. The summed E-state index contributed by atoms with van der Waals surface area (Å²) in [5, 5.41) is 0.594. The molecule has 1 aromatic carbocycles. The fraction of sp³-hybridized carbons (Fsp3) is 0.360. The van der Waals surface area contributed by atoms with Gasteiger partial charge in [-0.3, -0.25) is 0 Å². The van der Waals surface area contributed by atoms with Crippen molar-refractivity contribution in [3.05, 3.63) is 65.9 Å². The van der Waals surface area contributed by atoms with Gasteiger partial charge in [0.25, 0.3) is 0 Å². The van der Waals surface area contributed by atoms with Crippen molar-refractivity contribution >= 4 is 11.0 Å². The quantitative estimate of drug-likeness (QED) is 0.203. The lowest BCUT2D eigenvalue weighted by atomic mass is 10.1. The molecule has 0 N–H and O–H groups in total. The highest BCUT2D eigenvalue weighted by Crippen LogP contribution is 2.27. The van der Waals surface area contributed by atoms with Crippen molar-refractivity contribution < 1.29 is 31.8 Å². The molecule has 34 heavy (non-hydrogen) atoms. The van der Waals surface area contributed by atoms with Gasteiger partial charge in [0.2, 0.25) is 5.88 Å². The highest BCUT2D eigenvalue weighted by Gasteiger charge is 2.31. The van der Waals surface area contributed by atoms with Gasteiger partial charge in [0.1, 0.15) is 5.75 Å². The molecule has 182 valence electrons. The number of pyridine rings is 1. The minimum Gasteiger partial charge on any atom is -0.502 e. The summed E-state index contributed by atoms with van der Waals surface area (Å²) in [6.07, 6.45) is 4.42. The van der Waals surface area contributed by atoms with Gasteiger partial charge in [0, 0.05) is 11.5 Å². The number of aromatic nitrogens is 1. The number of benzene rings is 1. The highest BCUT2D eigenvalue weighted by molar-refractivity contribution is 5.81. The van der Waals surface area contributed by atoms with E-state index < -0.39 is 12.0 Å². The molecular formula is C25H26F3NO5. The summed E-state index contributed by atoms with van der Waals surface area (Å²) in [6, 6.07) is 8.29. The first-order chi connectivity index (χ1) is 16.4. The number of rotatable bonds is 13. The first-order valence-corrected chi connectivity index (χ1v) is 11.0. The average Bonchev–Trinajstić information content (AvgIpc) is 2.79. The second-order valence-electron chi connectivity index (χ2n) is 7.59. The van der Waals surface area contributed by atoms with Crippen molar-refractivity contribution in [3.8, 4) is 22.8 Å². The fourth-order valence-electron chi connectivity index (χ4n) is 3.38. The summed E-state index contributed by atoms with van der Waals surface area (Å²) in [4.78, 5) is 16.5. The van der Waals surface area contributed by atoms with Gasteiger partial charge in [-0.2, -0.15) is 0 Å². The van der Waals surface area contributed by atoms with Gasteiger partial charge in [-0.05, 0) is 36.6 Å². The molecule has 0 amide bonds. The smallest absolute Gasteiger partial charge is 0.502 e. The molecule has 0 atom stereocenters. The summed E-state index contributed by atoms with van der Waals surface area (Å²) in [6.45, 7) is 4.73. The Hall–Kier alpha value is -3.49. The van der Waals surface area contributed by atoms with Crippen LogP contribution in [-0.2, 0) is 4.74 Å². The largest absolute Gasteiger partial charge is 0.573 e. The molecule has 6 nitrogen and oxygen atoms in total. The highest BCUT2D eigenvalue weighted by atomic mass is 19.4. The fourth-order valence-corrected chi connectivity index (χ4v) is 3.38. The van der Waals surface area contributed by atoms with E-state index in [0.717, 1.165) is 50.7 Å². The number of unbranched alkanes of at least 4 members (excludes halogenated alkanes) is 5. The summed E-state index contributed by atoms with van der Waals surface area (Å²) >= 11 is 0. The third-order valence-electron chi connectivity index (χ3n) is 5.02. The monoisotopic (exact) mass is 477 g/mol. The molecule has 0 radical (unpaired) electrons. The van der Waals surface area contributed by atoms with Crippen LogP contribution in [0.3, 0.4) is 0 Å². The van der Waals surface area contributed by atoms with E-state index in [9.17, 15) is 18.0 Å². The molecule has 0 aliphatic carbocycles. The van der Waals surface area contributed by atoms with Crippen LogP contribution >= 0.6 is 0 Å². The Morgan fingerprint density at radius 2 is 1.65 bits per heavy atom. The molecule has 0 bridgehead atoms. The minimum atomic E-state index is -4.78. The SMILES string of the molecule is C=COCCCCCCCCOc1cc2cc(-c3ccc(OC(F)(F)F)cc3)c(=O)oc2cn1. The molecule has 0 spiro atoms. The van der Waals surface area contributed by atoms with Gasteiger partial charge >= 0.3 is 12.0 Å². The van der Waals surface area contributed by atoms with Gasteiger partial charge in [-0.25, -0.2) is 9.78 Å². The van der Waals surface area contributed by atoms with Crippen molar-refractivity contribution in [2.75, 3.05) is 13.2 Å². The van der Waals surface area contributed by atoms with E-state index in [4.69, 9.17) is 13.9 Å². The number of nitrogens with zero attached hydrogens (tertiary/aromatic N) is 1. The van der Waals surface area contributed by atoms with Crippen molar-refractivity contribution in [2.24, 2.45) is 0 Å². The number of hydrogen-bond acceptors (Lipinski definition) is 6. The van der Waals surface area contributed by atoms with Crippen molar-refractivity contribution in [2.45, 2.75) is 44.9 Å². The van der Waals surface area contributed by atoms with Gasteiger partial charge < -0.3 is 18.6 Å². The van der Waals surface area contributed by atoms with Gasteiger partial charge in [-0.1, -0.05) is 44.4 Å². The maximum atomic E-state index is 12.4. The third kappa shape index (κ3) is 7.83. The van der Waals surface area contributed by atoms with Crippen LogP contribution in [0.25, 0.3) is 22.1 Å². The summed E-state index contributed by atoms with van der Waals surface area (Å²) in [5.41, 5.74) is 0.282. The Labute approximate surface area is 195 Å². The zero-order valence-electron chi connectivity index (χ0n) is 18.6. The minimum absolute atomic E-state index is 0.210.